The maximum Gasteiger partial charge on any atom is 0.311 e. The maximum absolute atomic E-state index is 12.2. The van der Waals surface area contributed by atoms with Crippen molar-refractivity contribution in [1.82, 2.24) is 0 Å². The normalized spacial score (nSPS) is 10.1. The quantitative estimate of drug-likeness (QED) is 0.460. The molecule has 0 aliphatic heterocycles. The van der Waals surface area contributed by atoms with E-state index in [1.54, 1.807) is 19.1 Å². The minimum atomic E-state index is -0.561. The number of halogens is 1. The topological polar surface area (TPSA) is 81.5 Å². The summed E-state index contributed by atoms with van der Waals surface area (Å²) in [5.74, 6) is -0.256. The molecule has 0 saturated heterocycles. The van der Waals surface area contributed by atoms with Crippen LogP contribution in [0.5, 0.6) is 5.75 Å². The predicted octanol–water partition coefficient (Wildman–Crippen LogP) is 3.85. The van der Waals surface area contributed by atoms with E-state index < -0.39 is 10.8 Å². The Bertz CT molecular complexity index is 718. The Morgan fingerprint density at radius 2 is 2.05 bits per heavy atom. The number of nitrogens with one attached hydrogen (secondary N) is 1. The van der Waals surface area contributed by atoms with Gasteiger partial charge in [-0.15, -0.1) is 0 Å². The zero-order valence-electron chi connectivity index (χ0n) is 11.7. The second-order valence-electron chi connectivity index (χ2n) is 4.31. The number of anilines is 1. The molecule has 1 N–H and O–H groups in total. The van der Waals surface area contributed by atoms with Gasteiger partial charge in [0.2, 0.25) is 0 Å². The van der Waals surface area contributed by atoms with E-state index in [9.17, 15) is 14.9 Å². The molecule has 0 atom stereocenters. The molecule has 114 valence electrons. The molecule has 0 bridgehead atoms. The van der Waals surface area contributed by atoms with Gasteiger partial charge in [0.25, 0.3) is 5.91 Å². The van der Waals surface area contributed by atoms with E-state index in [1.165, 1.54) is 18.2 Å². The summed E-state index contributed by atoms with van der Waals surface area (Å²) in [6, 6.07) is 11.4. The van der Waals surface area contributed by atoms with Gasteiger partial charge in [-0.3, -0.25) is 14.9 Å². The lowest BCUT2D eigenvalue weighted by Crippen LogP contribution is -2.13. The van der Waals surface area contributed by atoms with E-state index in [2.05, 4.69) is 27.9 Å². The Hall–Kier alpha value is -2.16. The number of nitro benzene ring substituents is 1. The van der Waals surface area contributed by atoms with Gasteiger partial charge in [-0.1, -0.05) is 12.1 Å². The number of nitro groups is 1. The van der Waals surface area contributed by atoms with E-state index in [0.717, 1.165) is 3.57 Å². The molecule has 6 nitrogen and oxygen atoms in total. The van der Waals surface area contributed by atoms with Gasteiger partial charge in [-0.2, -0.15) is 0 Å². The molecular weight excluding hydrogens is 399 g/mol. The van der Waals surface area contributed by atoms with Crippen molar-refractivity contribution in [3.05, 3.63) is 61.7 Å². The standard InChI is InChI=1S/C15H13IN2O4/c1-2-22-14-8-7-10(9-13(14)18(20)21)15(19)17-12-6-4-3-5-11(12)16/h3-9H,2H2,1H3,(H,17,19). The lowest BCUT2D eigenvalue weighted by atomic mass is 10.1. The second kappa shape index (κ2) is 7.21. The lowest BCUT2D eigenvalue weighted by Gasteiger charge is -2.09. The molecule has 2 aromatic carbocycles. The van der Waals surface area contributed by atoms with Crippen LogP contribution in [-0.2, 0) is 0 Å². The number of benzene rings is 2. The number of ether oxygens (including phenoxy) is 1. The highest BCUT2D eigenvalue weighted by Gasteiger charge is 2.19. The Balaban J connectivity index is 2.28. The Morgan fingerprint density at radius 3 is 2.68 bits per heavy atom. The van der Waals surface area contributed by atoms with Crippen LogP contribution < -0.4 is 10.1 Å². The highest BCUT2D eigenvalue weighted by atomic mass is 127. The molecule has 0 spiro atoms. The molecule has 0 radical (unpaired) electrons. The third-order valence-electron chi connectivity index (χ3n) is 2.84. The third kappa shape index (κ3) is 3.73. The first-order valence-corrected chi connectivity index (χ1v) is 7.58. The fourth-order valence-electron chi connectivity index (χ4n) is 1.84. The molecule has 0 unspecified atom stereocenters. The average molecular weight is 412 g/mol. The van der Waals surface area contributed by atoms with Crippen LogP contribution in [0.15, 0.2) is 42.5 Å². The number of rotatable bonds is 5. The third-order valence-corrected chi connectivity index (χ3v) is 3.78. The van der Waals surface area contributed by atoms with Gasteiger partial charge >= 0.3 is 5.69 Å². The molecule has 1 amide bonds. The van der Waals surface area contributed by atoms with Crippen LogP contribution >= 0.6 is 22.6 Å². The Labute approximate surface area is 140 Å². The number of hydrogen-bond donors (Lipinski definition) is 1. The van der Waals surface area contributed by atoms with Gasteiger partial charge in [0.05, 0.1) is 17.2 Å². The molecule has 2 aromatic rings. The van der Waals surface area contributed by atoms with Crippen molar-refractivity contribution in [2.24, 2.45) is 0 Å². The van der Waals surface area contributed by atoms with Crippen molar-refractivity contribution < 1.29 is 14.5 Å². The van der Waals surface area contributed by atoms with Crippen LogP contribution in [0, 0.1) is 13.7 Å². The summed E-state index contributed by atoms with van der Waals surface area (Å²) in [4.78, 5) is 22.7. The first-order valence-electron chi connectivity index (χ1n) is 6.50. The fourth-order valence-corrected chi connectivity index (χ4v) is 2.36. The van der Waals surface area contributed by atoms with E-state index in [4.69, 9.17) is 4.74 Å². The van der Waals surface area contributed by atoms with E-state index in [-0.39, 0.29) is 17.0 Å². The van der Waals surface area contributed by atoms with Crippen molar-refractivity contribution in [2.45, 2.75) is 6.92 Å². The van der Waals surface area contributed by atoms with Crippen LogP contribution in [0.1, 0.15) is 17.3 Å². The highest BCUT2D eigenvalue weighted by molar-refractivity contribution is 14.1. The lowest BCUT2D eigenvalue weighted by molar-refractivity contribution is -0.385. The van der Waals surface area contributed by atoms with Crippen molar-refractivity contribution in [3.8, 4) is 5.75 Å². The second-order valence-corrected chi connectivity index (χ2v) is 5.47. The predicted molar refractivity (Wildman–Crippen MR) is 91.4 cm³/mol. The molecule has 2 rings (SSSR count). The molecule has 0 saturated carbocycles. The van der Waals surface area contributed by atoms with Crippen molar-refractivity contribution >= 4 is 39.9 Å². The summed E-state index contributed by atoms with van der Waals surface area (Å²) >= 11 is 2.10. The largest absolute Gasteiger partial charge is 0.487 e. The van der Waals surface area contributed by atoms with Crippen molar-refractivity contribution in [1.29, 1.82) is 0 Å². The fraction of sp³-hybridized carbons (Fsp3) is 0.133. The monoisotopic (exact) mass is 412 g/mol. The molecule has 0 aliphatic carbocycles. The molecule has 0 heterocycles. The summed E-state index contributed by atoms with van der Waals surface area (Å²) in [6.07, 6.45) is 0. The average Bonchev–Trinajstić information content (AvgIpc) is 2.50. The number of para-hydroxylation sites is 1. The summed E-state index contributed by atoms with van der Waals surface area (Å²) in [7, 11) is 0. The van der Waals surface area contributed by atoms with E-state index in [1.807, 2.05) is 12.1 Å². The Morgan fingerprint density at radius 1 is 1.32 bits per heavy atom. The maximum atomic E-state index is 12.2. The van der Waals surface area contributed by atoms with Crippen molar-refractivity contribution in [3.63, 3.8) is 0 Å². The zero-order chi connectivity index (χ0) is 16.1. The smallest absolute Gasteiger partial charge is 0.311 e. The van der Waals surface area contributed by atoms with Crippen LogP contribution in [0.2, 0.25) is 0 Å². The number of carbonyl (C=O) groups is 1. The van der Waals surface area contributed by atoms with Gasteiger partial charge in [-0.25, -0.2) is 0 Å². The number of amides is 1. The summed E-state index contributed by atoms with van der Waals surface area (Å²) in [5, 5.41) is 13.8. The zero-order valence-corrected chi connectivity index (χ0v) is 13.9. The van der Waals surface area contributed by atoms with Crippen LogP contribution in [0.4, 0.5) is 11.4 Å². The van der Waals surface area contributed by atoms with Crippen molar-refractivity contribution in [2.75, 3.05) is 11.9 Å². The summed E-state index contributed by atoms with van der Waals surface area (Å²) < 4.78 is 6.08. The highest BCUT2D eigenvalue weighted by Crippen LogP contribution is 2.28. The first-order chi connectivity index (χ1) is 10.5. The Kier molecular flexibility index (Phi) is 5.31. The minimum Gasteiger partial charge on any atom is -0.487 e. The van der Waals surface area contributed by atoms with Gasteiger partial charge in [0, 0.05) is 15.2 Å². The van der Waals surface area contributed by atoms with Gasteiger partial charge < -0.3 is 10.1 Å². The number of nitrogens with zero attached hydrogens (tertiary/aromatic N) is 1. The summed E-state index contributed by atoms with van der Waals surface area (Å²) in [5.41, 5.74) is 0.636. The molecule has 0 aromatic heterocycles. The molecule has 22 heavy (non-hydrogen) atoms. The molecule has 7 heteroatoms. The van der Waals surface area contributed by atoms with E-state index in [0.29, 0.717) is 12.3 Å². The molecule has 0 fully saturated rings. The summed E-state index contributed by atoms with van der Waals surface area (Å²) in [6.45, 7) is 2.05. The van der Waals surface area contributed by atoms with Gasteiger partial charge in [0.15, 0.2) is 5.75 Å². The minimum absolute atomic E-state index is 0.151. The molecule has 0 aliphatic rings. The van der Waals surface area contributed by atoms with Gasteiger partial charge in [0.1, 0.15) is 0 Å². The van der Waals surface area contributed by atoms with Crippen LogP contribution in [-0.4, -0.2) is 17.4 Å². The van der Waals surface area contributed by atoms with E-state index >= 15 is 0 Å². The number of hydrogen-bond acceptors (Lipinski definition) is 4. The SMILES string of the molecule is CCOc1ccc(C(=O)Nc2ccccc2I)cc1[N+](=O)[O-]. The van der Waals surface area contributed by atoms with Crippen LogP contribution in [0.3, 0.4) is 0 Å². The van der Waals surface area contributed by atoms with Gasteiger partial charge in [-0.05, 0) is 53.8 Å². The first kappa shape index (κ1) is 16.2. The van der Waals surface area contributed by atoms with Crippen LogP contribution in [0.25, 0.3) is 0 Å². The molecular formula is C15H13IN2O4. The number of carbonyl (C=O) groups excluding carboxylic acids is 1.